The summed E-state index contributed by atoms with van der Waals surface area (Å²) >= 11 is 0. The molecule has 1 amide bonds. The molecule has 0 aromatic heterocycles. The van der Waals surface area contributed by atoms with Crippen LogP contribution in [0.25, 0.3) is 0 Å². The molecule has 15 atom stereocenters. The maximum atomic E-state index is 13.5. The van der Waals surface area contributed by atoms with Gasteiger partial charge in [0.25, 0.3) is 0 Å². The quantitative estimate of drug-likeness (QED) is 0.104. The van der Waals surface area contributed by atoms with Crippen LogP contribution in [0.1, 0.15) is 93.4 Å². The van der Waals surface area contributed by atoms with Crippen LogP contribution in [0.2, 0.25) is 0 Å². The van der Waals surface area contributed by atoms with Gasteiger partial charge in [-0.25, -0.2) is 4.79 Å². The first-order chi connectivity index (χ1) is 27.3. The van der Waals surface area contributed by atoms with Gasteiger partial charge in [0.05, 0.1) is 48.8 Å². The van der Waals surface area contributed by atoms with Crippen LogP contribution >= 0.6 is 0 Å². The second kappa shape index (κ2) is 25.1. The third kappa shape index (κ3) is 15.4. The van der Waals surface area contributed by atoms with Gasteiger partial charge < -0.3 is 48.6 Å². The van der Waals surface area contributed by atoms with Crippen molar-refractivity contribution < 1.29 is 58.1 Å². The topological polar surface area (TPSA) is 171 Å². The highest BCUT2D eigenvalue weighted by Crippen LogP contribution is 2.35. The summed E-state index contributed by atoms with van der Waals surface area (Å²) in [6.45, 7) is 12.9. The molecule has 0 saturated carbocycles. The van der Waals surface area contributed by atoms with Crippen molar-refractivity contribution in [3.8, 4) is 0 Å². The van der Waals surface area contributed by atoms with Crippen molar-refractivity contribution >= 4 is 18.2 Å². The number of cyclic esters (lactones) is 1. The Balaban J connectivity index is 2.40. The Hall–Kier alpha value is -2.75. The van der Waals surface area contributed by atoms with Crippen LogP contribution in [0.4, 0.5) is 0 Å². The summed E-state index contributed by atoms with van der Waals surface area (Å²) < 4.78 is 36.1. The average molecular weight is 822 g/mol. The molecule has 332 valence electrons. The Morgan fingerprint density at radius 3 is 2.29 bits per heavy atom. The third-order valence-corrected chi connectivity index (χ3v) is 12.3. The highest BCUT2D eigenvalue weighted by Gasteiger charge is 2.46. The Morgan fingerprint density at radius 1 is 1.03 bits per heavy atom. The molecule has 2 bridgehead atoms. The van der Waals surface area contributed by atoms with Crippen molar-refractivity contribution in [1.82, 2.24) is 4.90 Å². The predicted octanol–water partition coefficient (Wildman–Crippen LogP) is 5.35. The number of ether oxygens (including phenoxy) is 6. The van der Waals surface area contributed by atoms with Gasteiger partial charge in [-0.1, -0.05) is 70.6 Å². The summed E-state index contributed by atoms with van der Waals surface area (Å²) in [5.74, 6) is -2.64. The number of rotatable bonds is 16. The fourth-order valence-corrected chi connectivity index (χ4v) is 8.33. The average Bonchev–Trinajstić information content (AvgIpc) is 3.20. The fraction of sp³-hybridized carbons (Fsp3) is 0.756. The van der Waals surface area contributed by atoms with E-state index in [2.05, 4.69) is 0 Å². The molecule has 13 nitrogen and oxygen atoms in total. The van der Waals surface area contributed by atoms with E-state index in [-0.39, 0.29) is 42.7 Å². The minimum atomic E-state index is -1.50. The number of nitrogens with zero attached hydrogens (tertiary/aromatic N) is 1. The molecule has 2 aliphatic heterocycles. The number of methoxy groups -OCH3 is 4. The van der Waals surface area contributed by atoms with Gasteiger partial charge in [-0.3, -0.25) is 9.59 Å². The summed E-state index contributed by atoms with van der Waals surface area (Å²) in [5, 5.41) is 34.7. The smallest absolute Gasteiger partial charge is 0.331 e. The van der Waals surface area contributed by atoms with Crippen LogP contribution in [-0.4, -0.2) is 134 Å². The maximum Gasteiger partial charge on any atom is 0.331 e. The van der Waals surface area contributed by atoms with Gasteiger partial charge in [0.1, 0.15) is 17.5 Å². The van der Waals surface area contributed by atoms with Gasteiger partial charge in [0.15, 0.2) is 0 Å². The van der Waals surface area contributed by atoms with E-state index < -0.39 is 72.1 Å². The van der Waals surface area contributed by atoms with Crippen LogP contribution in [0.5, 0.6) is 0 Å². The highest BCUT2D eigenvalue weighted by atomic mass is 16.6. The molecule has 2 heterocycles. The second-order valence-electron chi connectivity index (χ2n) is 16.8. The molecule has 13 heteroatoms. The van der Waals surface area contributed by atoms with E-state index in [0.717, 1.165) is 5.57 Å². The van der Waals surface area contributed by atoms with Crippen molar-refractivity contribution in [3.63, 3.8) is 0 Å². The Morgan fingerprint density at radius 2 is 1.69 bits per heavy atom. The molecule has 0 spiro atoms. The Bertz CT molecular complexity index is 1380. The first kappa shape index (κ1) is 51.4. The zero-order valence-corrected chi connectivity index (χ0v) is 37.1. The lowest BCUT2D eigenvalue weighted by molar-refractivity contribution is -0.184. The molecule has 0 aromatic rings. The predicted molar refractivity (Wildman–Crippen MR) is 223 cm³/mol. The number of fused-ring (bicyclic) bond motifs is 2. The fourth-order valence-electron chi connectivity index (χ4n) is 8.33. The lowest BCUT2D eigenvalue weighted by Crippen LogP contribution is -2.55. The SMILES string of the molecule is CO[C@H]([C@H](C)/C=C/N(C)C=O)[C@@H](C)C(=O)CC[C@H](C)[C@H](O)[C@H](C)[C@H]1OC(=O)C=CC(C)=CC[C@H](O)C[C@@H]2C=CC[C@@H](C[C@H](OC)C(C)(O)[C@@H](OC)C[C@@H](OC)[C@@H]1C)O2. The van der Waals surface area contributed by atoms with Gasteiger partial charge in [0, 0.05) is 97.1 Å². The normalized spacial score (nSPS) is 32.6. The number of esters is 1. The number of carbonyl (C=O) groups excluding carboxylic acids is 3. The third-order valence-electron chi connectivity index (χ3n) is 12.3. The number of amides is 1. The van der Waals surface area contributed by atoms with Crippen molar-refractivity contribution in [1.29, 1.82) is 0 Å². The van der Waals surface area contributed by atoms with Crippen molar-refractivity contribution in [2.45, 2.75) is 154 Å². The minimum Gasteiger partial charge on any atom is -0.458 e. The standard InChI is InChI=1S/C45H75NO12/c1-28-16-19-34(48)24-35-14-13-15-36(57-35)25-39(54-10)45(7,52)40(55-11)26-38(53-9)32(5)44(58-41(50)21-17-28)33(6)42(51)29(2)18-20-37(49)31(4)43(56-12)30(3)22-23-46(8)27-47/h13-14,16-17,21-23,27,29-36,38-40,42-44,48,51-52H,15,18-20,24-26H2,1-12H3/b21-17?,23-22+,28-16?/t29-,30+,31-,32-,33-,34-,35-,36-,38+,39-,40-,42-,43+,44-,45?/m0/s1. The summed E-state index contributed by atoms with van der Waals surface area (Å²) in [4.78, 5) is 39.3. The van der Waals surface area contributed by atoms with Crippen LogP contribution in [0.3, 0.4) is 0 Å². The van der Waals surface area contributed by atoms with Crippen LogP contribution in [-0.2, 0) is 42.8 Å². The number of allylic oxidation sites excluding steroid dienone is 2. The monoisotopic (exact) mass is 822 g/mol. The summed E-state index contributed by atoms with van der Waals surface area (Å²) in [6.07, 6.45) is 10.0. The molecule has 58 heavy (non-hydrogen) atoms. The molecule has 1 unspecified atom stereocenters. The van der Waals surface area contributed by atoms with E-state index in [4.69, 9.17) is 28.4 Å². The van der Waals surface area contributed by atoms with Gasteiger partial charge in [-0.05, 0) is 39.0 Å². The van der Waals surface area contributed by atoms with Gasteiger partial charge in [-0.2, -0.15) is 0 Å². The lowest BCUT2D eigenvalue weighted by Gasteiger charge is -2.42. The Labute approximate surface area is 347 Å². The molecule has 0 fully saturated rings. The second-order valence-corrected chi connectivity index (χ2v) is 16.8. The molecule has 0 aromatic carbocycles. The molecule has 0 saturated heterocycles. The molecule has 0 aliphatic carbocycles. The number of aliphatic hydroxyl groups is 3. The van der Waals surface area contributed by atoms with E-state index in [9.17, 15) is 29.7 Å². The number of hydrogen-bond donors (Lipinski definition) is 3. The lowest BCUT2D eigenvalue weighted by atomic mass is 9.77. The molecular weight excluding hydrogens is 746 g/mol. The number of aliphatic hydroxyl groups excluding tert-OH is 2. The van der Waals surface area contributed by atoms with E-state index in [0.29, 0.717) is 38.5 Å². The van der Waals surface area contributed by atoms with E-state index in [1.165, 1.54) is 18.1 Å². The molecule has 0 radical (unpaired) electrons. The van der Waals surface area contributed by atoms with Crippen LogP contribution in [0.15, 0.2) is 48.2 Å². The molecule has 3 N–H and O–H groups in total. The zero-order chi connectivity index (χ0) is 43.7. The molecule has 2 aliphatic rings. The first-order valence-electron chi connectivity index (χ1n) is 20.8. The number of ketones is 1. The first-order valence-corrected chi connectivity index (χ1v) is 20.8. The van der Waals surface area contributed by atoms with Gasteiger partial charge in [-0.15, -0.1) is 0 Å². The number of carbonyl (C=O) groups is 3. The van der Waals surface area contributed by atoms with Crippen molar-refractivity contribution in [2.24, 2.45) is 29.6 Å². The van der Waals surface area contributed by atoms with E-state index in [1.54, 1.807) is 47.6 Å². The number of hydrogen-bond acceptors (Lipinski definition) is 12. The van der Waals surface area contributed by atoms with E-state index >= 15 is 0 Å². The number of Topliss-reactive ketones (excluding diaryl/α,β-unsaturated/α-hetero) is 1. The van der Waals surface area contributed by atoms with Gasteiger partial charge >= 0.3 is 5.97 Å². The molecule has 2 rings (SSSR count). The van der Waals surface area contributed by atoms with Crippen molar-refractivity contribution in [3.05, 3.63) is 48.2 Å². The zero-order valence-electron chi connectivity index (χ0n) is 37.1. The maximum absolute atomic E-state index is 13.5. The van der Waals surface area contributed by atoms with Crippen LogP contribution in [0, 0.1) is 29.6 Å². The summed E-state index contributed by atoms with van der Waals surface area (Å²) in [7, 11) is 7.81. The highest BCUT2D eigenvalue weighted by molar-refractivity contribution is 5.82. The van der Waals surface area contributed by atoms with Crippen molar-refractivity contribution in [2.75, 3.05) is 35.5 Å². The summed E-state index contributed by atoms with van der Waals surface area (Å²) in [5.41, 5.74) is -0.728. The summed E-state index contributed by atoms with van der Waals surface area (Å²) in [6, 6.07) is 0. The van der Waals surface area contributed by atoms with E-state index in [1.807, 2.05) is 65.8 Å². The largest absolute Gasteiger partial charge is 0.458 e. The molecular formula is C45H75NO12. The van der Waals surface area contributed by atoms with Crippen LogP contribution < -0.4 is 0 Å². The minimum absolute atomic E-state index is 0.0104. The van der Waals surface area contributed by atoms with Gasteiger partial charge in [0.2, 0.25) is 6.41 Å². The Kier molecular flexibility index (Phi) is 22.3.